The summed E-state index contributed by atoms with van der Waals surface area (Å²) in [5, 5.41) is 14.3. The van der Waals surface area contributed by atoms with Gasteiger partial charge in [0.05, 0.1) is 18.9 Å². The molecule has 0 aliphatic heterocycles. The van der Waals surface area contributed by atoms with Gasteiger partial charge in [0, 0.05) is 31.9 Å². The molecule has 8 nitrogen and oxygen atoms in total. The molecule has 0 aliphatic rings. The summed E-state index contributed by atoms with van der Waals surface area (Å²) in [5.74, 6) is -0.262. The molecule has 2 aromatic heterocycles. The topological polar surface area (TPSA) is 104 Å². The quantitative estimate of drug-likeness (QED) is 0.700. The Bertz CT molecular complexity index is 530. The van der Waals surface area contributed by atoms with Crippen molar-refractivity contribution in [2.24, 2.45) is 12.8 Å². The Hall–Kier alpha value is -2.22. The molecule has 8 heteroatoms. The van der Waals surface area contributed by atoms with Crippen LogP contribution >= 0.6 is 0 Å². The molecule has 0 aromatic carbocycles. The van der Waals surface area contributed by atoms with E-state index in [2.05, 4.69) is 20.7 Å². The standard InChI is InChI=1S/C10H15N7O/c1-16-6-8(5-13-16)4-12-10(18)9-7-17(3-2-11)15-14-9/h5-7H,2-4,11H2,1H3,(H,12,18). The van der Waals surface area contributed by atoms with Crippen molar-refractivity contribution in [1.29, 1.82) is 0 Å². The van der Waals surface area contributed by atoms with Gasteiger partial charge in [-0.15, -0.1) is 5.10 Å². The van der Waals surface area contributed by atoms with Gasteiger partial charge < -0.3 is 11.1 Å². The Balaban J connectivity index is 1.90. The number of amides is 1. The highest BCUT2D eigenvalue weighted by Gasteiger charge is 2.10. The number of hydrogen-bond donors (Lipinski definition) is 2. The van der Waals surface area contributed by atoms with Gasteiger partial charge in [-0.25, -0.2) is 0 Å². The van der Waals surface area contributed by atoms with Crippen LogP contribution in [0.4, 0.5) is 0 Å². The fraction of sp³-hybridized carbons (Fsp3) is 0.400. The van der Waals surface area contributed by atoms with Gasteiger partial charge in [-0.2, -0.15) is 5.10 Å². The Morgan fingerprint density at radius 3 is 3.00 bits per heavy atom. The van der Waals surface area contributed by atoms with E-state index in [-0.39, 0.29) is 11.6 Å². The Morgan fingerprint density at radius 2 is 2.33 bits per heavy atom. The fourth-order valence-corrected chi connectivity index (χ4v) is 1.48. The number of nitrogens with one attached hydrogen (secondary N) is 1. The average Bonchev–Trinajstić information content (AvgIpc) is 2.96. The van der Waals surface area contributed by atoms with Crippen LogP contribution in [0.5, 0.6) is 0 Å². The van der Waals surface area contributed by atoms with E-state index in [1.165, 1.54) is 0 Å². The van der Waals surface area contributed by atoms with Crippen molar-refractivity contribution in [2.75, 3.05) is 6.54 Å². The summed E-state index contributed by atoms with van der Waals surface area (Å²) in [6, 6.07) is 0. The lowest BCUT2D eigenvalue weighted by molar-refractivity contribution is 0.0946. The van der Waals surface area contributed by atoms with Crippen LogP contribution in [-0.2, 0) is 20.1 Å². The highest BCUT2D eigenvalue weighted by Crippen LogP contribution is 1.97. The van der Waals surface area contributed by atoms with Crippen LogP contribution in [0.1, 0.15) is 16.1 Å². The molecule has 96 valence electrons. The van der Waals surface area contributed by atoms with Crippen LogP contribution in [0, 0.1) is 0 Å². The van der Waals surface area contributed by atoms with Gasteiger partial charge in [0.1, 0.15) is 0 Å². The van der Waals surface area contributed by atoms with Crippen LogP contribution in [0.15, 0.2) is 18.6 Å². The van der Waals surface area contributed by atoms with Gasteiger partial charge in [0.15, 0.2) is 5.69 Å². The molecular weight excluding hydrogens is 234 g/mol. The second-order valence-electron chi connectivity index (χ2n) is 3.86. The first-order valence-corrected chi connectivity index (χ1v) is 5.55. The molecule has 3 N–H and O–H groups in total. The largest absolute Gasteiger partial charge is 0.346 e. The second kappa shape index (κ2) is 5.41. The third-order valence-corrected chi connectivity index (χ3v) is 2.34. The molecule has 0 unspecified atom stereocenters. The van der Waals surface area contributed by atoms with E-state index in [1.807, 2.05) is 13.2 Å². The van der Waals surface area contributed by atoms with Crippen molar-refractivity contribution in [3.05, 3.63) is 29.8 Å². The van der Waals surface area contributed by atoms with Gasteiger partial charge in [0.2, 0.25) is 0 Å². The van der Waals surface area contributed by atoms with Crippen molar-refractivity contribution in [3.63, 3.8) is 0 Å². The number of rotatable bonds is 5. The molecule has 2 rings (SSSR count). The zero-order valence-electron chi connectivity index (χ0n) is 10.1. The molecule has 0 atom stereocenters. The zero-order valence-corrected chi connectivity index (χ0v) is 10.1. The van der Waals surface area contributed by atoms with E-state index in [9.17, 15) is 4.79 Å². The number of aryl methyl sites for hydroxylation is 1. The lowest BCUT2D eigenvalue weighted by Gasteiger charge is -1.99. The Kier molecular flexibility index (Phi) is 3.68. The van der Waals surface area contributed by atoms with Crippen molar-refractivity contribution in [1.82, 2.24) is 30.1 Å². The van der Waals surface area contributed by atoms with Crippen molar-refractivity contribution < 1.29 is 4.79 Å². The summed E-state index contributed by atoms with van der Waals surface area (Å²) in [4.78, 5) is 11.8. The average molecular weight is 249 g/mol. The monoisotopic (exact) mass is 249 g/mol. The van der Waals surface area contributed by atoms with Crippen LogP contribution in [0.2, 0.25) is 0 Å². The van der Waals surface area contributed by atoms with Gasteiger partial charge in [-0.05, 0) is 0 Å². The number of hydrogen-bond acceptors (Lipinski definition) is 5. The summed E-state index contributed by atoms with van der Waals surface area (Å²) in [5.41, 5.74) is 6.60. The third kappa shape index (κ3) is 2.92. The predicted octanol–water partition coefficient (Wildman–Crippen LogP) is -1.10. The summed E-state index contributed by atoms with van der Waals surface area (Å²) >= 11 is 0. The molecule has 0 aliphatic carbocycles. The maximum absolute atomic E-state index is 11.8. The van der Waals surface area contributed by atoms with E-state index in [4.69, 9.17) is 5.73 Å². The molecule has 0 bridgehead atoms. The van der Waals surface area contributed by atoms with E-state index < -0.39 is 0 Å². The van der Waals surface area contributed by atoms with Gasteiger partial charge in [-0.1, -0.05) is 5.21 Å². The van der Waals surface area contributed by atoms with Crippen molar-refractivity contribution in [2.45, 2.75) is 13.1 Å². The maximum atomic E-state index is 11.8. The van der Waals surface area contributed by atoms with E-state index in [0.717, 1.165) is 5.56 Å². The van der Waals surface area contributed by atoms with E-state index in [1.54, 1.807) is 21.8 Å². The summed E-state index contributed by atoms with van der Waals surface area (Å²) in [7, 11) is 1.82. The Morgan fingerprint density at radius 1 is 1.50 bits per heavy atom. The van der Waals surface area contributed by atoms with Crippen LogP contribution in [-0.4, -0.2) is 37.2 Å². The summed E-state index contributed by atoms with van der Waals surface area (Å²) < 4.78 is 3.22. The highest BCUT2D eigenvalue weighted by molar-refractivity contribution is 5.91. The normalized spacial score (nSPS) is 10.6. The first-order chi connectivity index (χ1) is 8.69. The van der Waals surface area contributed by atoms with Crippen molar-refractivity contribution in [3.8, 4) is 0 Å². The smallest absolute Gasteiger partial charge is 0.273 e. The number of aromatic nitrogens is 5. The predicted molar refractivity (Wildman–Crippen MR) is 63.5 cm³/mol. The van der Waals surface area contributed by atoms with Crippen molar-refractivity contribution >= 4 is 5.91 Å². The lowest BCUT2D eigenvalue weighted by Crippen LogP contribution is -2.23. The van der Waals surface area contributed by atoms with Crippen LogP contribution < -0.4 is 11.1 Å². The molecule has 0 saturated heterocycles. The third-order valence-electron chi connectivity index (χ3n) is 2.34. The molecule has 1 amide bonds. The van der Waals surface area contributed by atoms with Crippen LogP contribution in [0.3, 0.4) is 0 Å². The number of nitrogens with two attached hydrogens (primary N) is 1. The lowest BCUT2D eigenvalue weighted by atomic mass is 10.3. The maximum Gasteiger partial charge on any atom is 0.273 e. The van der Waals surface area contributed by atoms with Gasteiger partial charge in [0.25, 0.3) is 5.91 Å². The molecule has 2 heterocycles. The molecule has 0 spiro atoms. The number of carbonyl (C=O) groups is 1. The molecule has 2 aromatic rings. The van der Waals surface area contributed by atoms with E-state index >= 15 is 0 Å². The zero-order chi connectivity index (χ0) is 13.0. The van der Waals surface area contributed by atoms with Gasteiger partial charge in [-0.3, -0.25) is 14.2 Å². The molecule has 18 heavy (non-hydrogen) atoms. The Labute approximate surface area is 104 Å². The SMILES string of the molecule is Cn1cc(CNC(=O)c2cn(CCN)nn2)cn1. The highest BCUT2D eigenvalue weighted by atomic mass is 16.2. The van der Waals surface area contributed by atoms with Crippen LogP contribution in [0.25, 0.3) is 0 Å². The molecule has 0 radical (unpaired) electrons. The number of carbonyl (C=O) groups excluding carboxylic acids is 1. The number of nitrogens with zero attached hydrogens (tertiary/aromatic N) is 5. The fourth-order valence-electron chi connectivity index (χ4n) is 1.48. The summed E-state index contributed by atoms with van der Waals surface area (Å²) in [6.45, 7) is 1.42. The first-order valence-electron chi connectivity index (χ1n) is 5.55. The summed E-state index contributed by atoms with van der Waals surface area (Å²) in [6.07, 6.45) is 5.11. The second-order valence-corrected chi connectivity index (χ2v) is 3.86. The molecule has 0 fully saturated rings. The minimum atomic E-state index is -0.262. The molecular formula is C10H15N7O. The molecule has 0 saturated carbocycles. The minimum absolute atomic E-state index is 0.262. The van der Waals surface area contributed by atoms with E-state index in [0.29, 0.717) is 19.6 Å². The first kappa shape index (κ1) is 12.2. The minimum Gasteiger partial charge on any atom is -0.346 e. The van der Waals surface area contributed by atoms with Gasteiger partial charge >= 0.3 is 0 Å².